The Morgan fingerprint density at radius 2 is 1.35 bits per heavy atom. The summed E-state index contributed by atoms with van der Waals surface area (Å²) < 4.78 is 0. The SMILES string of the molecule is CC(C)CC(O)(CC(C)C)C1(CN)CCC(C)(C)CC1. The molecule has 0 amide bonds. The molecule has 120 valence electrons. The third-order valence-corrected chi connectivity index (χ3v) is 5.43. The van der Waals surface area contributed by atoms with E-state index in [1.54, 1.807) is 0 Å². The summed E-state index contributed by atoms with van der Waals surface area (Å²) in [4.78, 5) is 0. The van der Waals surface area contributed by atoms with E-state index in [4.69, 9.17) is 5.73 Å². The quantitative estimate of drug-likeness (QED) is 0.761. The molecule has 0 aromatic rings. The van der Waals surface area contributed by atoms with Crippen molar-refractivity contribution < 1.29 is 5.11 Å². The fourth-order valence-electron chi connectivity index (χ4n) is 4.13. The molecule has 0 saturated heterocycles. The van der Waals surface area contributed by atoms with Crippen LogP contribution in [0.25, 0.3) is 0 Å². The van der Waals surface area contributed by atoms with Gasteiger partial charge in [0.1, 0.15) is 0 Å². The average Bonchev–Trinajstić information content (AvgIpc) is 2.27. The van der Waals surface area contributed by atoms with Gasteiger partial charge in [0, 0.05) is 12.0 Å². The molecule has 1 saturated carbocycles. The zero-order valence-corrected chi connectivity index (χ0v) is 14.6. The van der Waals surface area contributed by atoms with Crippen LogP contribution in [-0.2, 0) is 0 Å². The molecular weight excluding hydrogens is 246 g/mol. The summed E-state index contributed by atoms with van der Waals surface area (Å²) in [5.41, 5.74) is 5.95. The second kappa shape index (κ2) is 6.36. The maximum atomic E-state index is 11.5. The molecule has 0 aromatic heterocycles. The molecule has 0 atom stereocenters. The minimum atomic E-state index is -0.597. The fourth-order valence-corrected chi connectivity index (χ4v) is 4.13. The van der Waals surface area contributed by atoms with Gasteiger partial charge < -0.3 is 10.8 Å². The minimum absolute atomic E-state index is 0.0724. The molecule has 1 rings (SSSR count). The highest BCUT2D eigenvalue weighted by atomic mass is 16.3. The van der Waals surface area contributed by atoms with Crippen LogP contribution in [0.3, 0.4) is 0 Å². The van der Waals surface area contributed by atoms with Crippen LogP contribution in [0.4, 0.5) is 0 Å². The van der Waals surface area contributed by atoms with E-state index in [0.29, 0.717) is 23.8 Å². The number of hydrogen-bond donors (Lipinski definition) is 2. The number of rotatable bonds is 6. The van der Waals surface area contributed by atoms with Crippen LogP contribution in [0.2, 0.25) is 0 Å². The first-order valence-corrected chi connectivity index (χ1v) is 8.48. The normalized spacial score (nSPS) is 22.5. The third kappa shape index (κ3) is 3.98. The first kappa shape index (κ1) is 18.0. The lowest BCUT2D eigenvalue weighted by atomic mass is 9.55. The molecule has 3 N–H and O–H groups in total. The van der Waals surface area contributed by atoms with E-state index in [9.17, 15) is 5.11 Å². The summed E-state index contributed by atoms with van der Waals surface area (Å²) in [6.45, 7) is 14.2. The van der Waals surface area contributed by atoms with Gasteiger partial charge in [-0.15, -0.1) is 0 Å². The van der Waals surface area contributed by atoms with E-state index < -0.39 is 5.60 Å². The second-order valence-electron chi connectivity index (χ2n) is 8.88. The van der Waals surface area contributed by atoms with Crippen molar-refractivity contribution in [2.75, 3.05) is 6.54 Å². The van der Waals surface area contributed by atoms with Crippen molar-refractivity contribution in [2.45, 2.75) is 85.7 Å². The fraction of sp³-hybridized carbons (Fsp3) is 1.00. The molecular formula is C18H37NO. The predicted octanol–water partition coefficient (Wildman–Crippen LogP) is 4.36. The van der Waals surface area contributed by atoms with Crippen molar-refractivity contribution in [1.29, 1.82) is 0 Å². The van der Waals surface area contributed by atoms with Crippen molar-refractivity contribution in [1.82, 2.24) is 0 Å². The monoisotopic (exact) mass is 283 g/mol. The van der Waals surface area contributed by atoms with Crippen LogP contribution < -0.4 is 5.73 Å². The molecule has 2 nitrogen and oxygen atoms in total. The van der Waals surface area contributed by atoms with E-state index in [2.05, 4.69) is 41.5 Å². The summed E-state index contributed by atoms with van der Waals surface area (Å²) in [6, 6.07) is 0. The van der Waals surface area contributed by atoms with E-state index in [-0.39, 0.29) is 5.41 Å². The molecule has 0 bridgehead atoms. The standard InChI is InChI=1S/C18H37NO/c1-14(2)11-18(20,12-15(3)4)17(13-19)9-7-16(5,6)8-10-17/h14-15,20H,7-13,19H2,1-6H3. The van der Waals surface area contributed by atoms with Crippen LogP contribution in [0.15, 0.2) is 0 Å². The molecule has 0 aromatic carbocycles. The molecule has 0 unspecified atom stereocenters. The first-order chi connectivity index (χ1) is 9.06. The molecule has 0 radical (unpaired) electrons. The van der Waals surface area contributed by atoms with Gasteiger partial charge >= 0.3 is 0 Å². The van der Waals surface area contributed by atoms with Gasteiger partial charge in [-0.3, -0.25) is 0 Å². The summed E-state index contributed by atoms with van der Waals surface area (Å²) in [5.74, 6) is 1.02. The van der Waals surface area contributed by atoms with Crippen LogP contribution >= 0.6 is 0 Å². The van der Waals surface area contributed by atoms with Crippen molar-refractivity contribution in [2.24, 2.45) is 28.4 Å². The Balaban J connectivity index is 3.02. The van der Waals surface area contributed by atoms with Crippen molar-refractivity contribution in [3.8, 4) is 0 Å². The highest BCUT2D eigenvalue weighted by Crippen LogP contribution is 2.53. The van der Waals surface area contributed by atoms with Gasteiger partial charge in [0.25, 0.3) is 0 Å². The highest BCUT2D eigenvalue weighted by molar-refractivity contribution is 5.03. The Morgan fingerprint density at radius 3 is 1.65 bits per heavy atom. The maximum absolute atomic E-state index is 11.5. The van der Waals surface area contributed by atoms with E-state index in [0.717, 1.165) is 25.7 Å². The maximum Gasteiger partial charge on any atom is 0.0720 e. The molecule has 0 aliphatic heterocycles. The Bertz CT molecular complexity index is 287. The van der Waals surface area contributed by atoms with Gasteiger partial charge in [-0.05, 0) is 55.8 Å². The van der Waals surface area contributed by atoms with Crippen molar-refractivity contribution in [3.05, 3.63) is 0 Å². The molecule has 0 spiro atoms. The van der Waals surface area contributed by atoms with Gasteiger partial charge in [-0.25, -0.2) is 0 Å². The number of hydrogen-bond acceptors (Lipinski definition) is 2. The number of aliphatic hydroxyl groups is 1. The van der Waals surface area contributed by atoms with Crippen LogP contribution in [0.5, 0.6) is 0 Å². The lowest BCUT2D eigenvalue weighted by Crippen LogP contribution is -2.56. The Hall–Kier alpha value is -0.0800. The second-order valence-corrected chi connectivity index (χ2v) is 8.88. The minimum Gasteiger partial charge on any atom is -0.389 e. The molecule has 2 heteroatoms. The summed E-state index contributed by atoms with van der Waals surface area (Å²) >= 11 is 0. The smallest absolute Gasteiger partial charge is 0.0720 e. The van der Waals surface area contributed by atoms with E-state index >= 15 is 0 Å². The van der Waals surface area contributed by atoms with Gasteiger partial charge in [-0.1, -0.05) is 41.5 Å². The molecule has 1 aliphatic rings. The number of nitrogens with two attached hydrogens (primary N) is 1. The summed E-state index contributed by atoms with van der Waals surface area (Å²) in [7, 11) is 0. The van der Waals surface area contributed by atoms with E-state index in [1.165, 1.54) is 12.8 Å². The lowest BCUT2D eigenvalue weighted by Gasteiger charge is -2.53. The van der Waals surface area contributed by atoms with Gasteiger partial charge in [-0.2, -0.15) is 0 Å². The molecule has 20 heavy (non-hydrogen) atoms. The molecule has 0 heterocycles. The van der Waals surface area contributed by atoms with Gasteiger partial charge in [0.2, 0.25) is 0 Å². The van der Waals surface area contributed by atoms with Crippen molar-refractivity contribution >= 4 is 0 Å². The predicted molar refractivity (Wildman–Crippen MR) is 87.6 cm³/mol. The van der Waals surface area contributed by atoms with Crippen LogP contribution in [-0.4, -0.2) is 17.3 Å². The molecule has 1 aliphatic carbocycles. The zero-order chi connectivity index (χ0) is 15.6. The Kier molecular flexibility index (Phi) is 5.71. The Morgan fingerprint density at radius 1 is 0.950 bits per heavy atom. The first-order valence-electron chi connectivity index (χ1n) is 8.48. The summed E-state index contributed by atoms with van der Waals surface area (Å²) in [6.07, 6.45) is 6.27. The Labute approximate surface area is 126 Å². The average molecular weight is 284 g/mol. The molecule has 1 fully saturated rings. The lowest BCUT2D eigenvalue weighted by molar-refractivity contribution is -0.134. The summed E-state index contributed by atoms with van der Waals surface area (Å²) in [5, 5.41) is 11.5. The van der Waals surface area contributed by atoms with Crippen LogP contribution in [0, 0.1) is 22.7 Å². The largest absolute Gasteiger partial charge is 0.389 e. The van der Waals surface area contributed by atoms with E-state index in [1.807, 2.05) is 0 Å². The highest BCUT2D eigenvalue weighted by Gasteiger charge is 2.51. The van der Waals surface area contributed by atoms with Crippen molar-refractivity contribution in [3.63, 3.8) is 0 Å². The van der Waals surface area contributed by atoms with Gasteiger partial charge in [0.05, 0.1) is 5.60 Å². The topological polar surface area (TPSA) is 46.2 Å². The van der Waals surface area contributed by atoms with Gasteiger partial charge in [0.15, 0.2) is 0 Å². The zero-order valence-electron chi connectivity index (χ0n) is 14.6. The van der Waals surface area contributed by atoms with Crippen LogP contribution in [0.1, 0.15) is 80.1 Å². The third-order valence-electron chi connectivity index (χ3n) is 5.43.